The Morgan fingerprint density at radius 1 is 0.973 bits per heavy atom. The number of aromatic nitrogens is 6. The topological polar surface area (TPSA) is 112 Å². The number of aromatic amines is 2. The molecule has 0 aliphatic rings. The Kier molecular flexibility index (Phi) is 5.34. The fraction of sp³-hybridized carbons (Fsp3) is 0.148. The highest BCUT2D eigenvalue weighted by Crippen LogP contribution is 2.36. The zero-order valence-corrected chi connectivity index (χ0v) is 21.1. The number of rotatable bonds is 4. The van der Waals surface area contributed by atoms with E-state index in [1.54, 1.807) is 37.1 Å². The van der Waals surface area contributed by atoms with Crippen LogP contribution in [0.3, 0.4) is 0 Å². The molecular weight excluding hydrogens is 489 g/mol. The van der Waals surface area contributed by atoms with Gasteiger partial charge in [0.25, 0.3) is 0 Å². The Balaban J connectivity index is 1.40. The maximum atomic E-state index is 13.7. The summed E-state index contributed by atoms with van der Waals surface area (Å²) in [6.07, 6.45) is 8.55. The first kappa shape index (κ1) is 23.0. The van der Waals surface area contributed by atoms with E-state index in [2.05, 4.69) is 35.5 Å². The van der Waals surface area contributed by atoms with E-state index >= 15 is 0 Å². The maximum Gasteiger partial charge on any atom is 0.229 e. The molecule has 6 aromatic rings. The van der Waals surface area contributed by atoms with Crippen LogP contribution in [0.25, 0.3) is 54.9 Å². The smallest absolute Gasteiger partial charge is 0.229 e. The van der Waals surface area contributed by atoms with Crippen molar-refractivity contribution in [2.24, 2.45) is 5.41 Å². The second-order valence-corrected chi connectivity index (χ2v) is 10.8. The van der Waals surface area contributed by atoms with Crippen LogP contribution in [-0.4, -0.2) is 36.0 Å². The predicted octanol–water partition coefficient (Wildman–Crippen LogP) is 6.42. The van der Waals surface area contributed by atoms with Gasteiger partial charge < -0.3 is 10.3 Å². The molecule has 0 atom stereocenters. The Labute approximate surface area is 215 Å². The van der Waals surface area contributed by atoms with Crippen molar-refractivity contribution in [3.63, 3.8) is 0 Å². The Hall–Kier alpha value is -4.44. The van der Waals surface area contributed by atoms with Crippen LogP contribution in [0.4, 0.5) is 10.1 Å². The highest BCUT2D eigenvalue weighted by molar-refractivity contribution is 7.14. The summed E-state index contributed by atoms with van der Waals surface area (Å²) in [5.74, 6) is -0.0926. The molecule has 0 spiro atoms. The summed E-state index contributed by atoms with van der Waals surface area (Å²) in [7, 11) is 0. The number of fused-ring (bicyclic) bond motifs is 2. The molecule has 0 radical (unpaired) electrons. The zero-order valence-electron chi connectivity index (χ0n) is 20.3. The van der Waals surface area contributed by atoms with Gasteiger partial charge in [0, 0.05) is 44.6 Å². The number of hydrogen-bond donors (Lipinski definition) is 3. The molecule has 0 fully saturated rings. The van der Waals surface area contributed by atoms with E-state index < -0.39 is 5.41 Å². The normalized spacial score (nSPS) is 11.9. The average Bonchev–Trinajstić information content (AvgIpc) is 3.60. The molecule has 0 saturated carbocycles. The van der Waals surface area contributed by atoms with Gasteiger partial charge in [0.2, 0.25) is 5.91 Å². The summed E-state index contributed by atoms with van der Waals surface area (Å²) in [6.45, 7) is 5.58. The third kappa shape index (κ3) is 4.25. The van der Waals surface area contributed by atoms with E-state index in [1.807, 2.05) is 39.0 Å². The van der Waals surface area contributed by atoms with E-state index in [-0.39, 0.29) is 11.0 Å². The number of pyridine rings is 3. The van der Waals surface area contributed by atoms with Gasteiger partial charge >= 0.3 is 0 Å². The molecule has 8 nitrogen and oxygen atoms in total. The molecule has 6 rings (SSSR count). The van der Waals surface area contributed by atoms with Crippen LogP contribution in [0.1, 0.15) is 20.8 Å². The van der Waals surface area contributed by atoms with E-state index in [1.165, 1.54) is 6.07 Å². The maximum absolute atomic E-state index is 13.7. The van der Waals surface area contributed by atoms with Gasteiger partial charge in [-0.25, -0.2) is 0 Å². The summed E-state index contributed by atoms with van der Waals surface area (Å²) in [5, 5.41) is 12.1. The highest BCUT2D eigenvalue weighted by atomic mass is 32.1. The fourth-order valence-corrected chi connectivity index (χ4v) is 4.84. The van der Waals surface area contributed by atoms with E-state index in [4.69, 9.17) is 0 Å². The molecule has 0 aliphatic carbocycles. The van der Waals surface area contributed by atoms with Crippen LogP contribution in [0.2, 0.25) is 0 Å². The summed E-state index contributed by atoms with van der Waals surface area (Å²) < 4.78 is 13.7. The molecule has 1 amide bonds. The largest absolute Gasteiger partial charge is 0.352 e. The molecule has 0 aliphatic heterocycles. The van der Waals surface area contributed by atoms with Gasteiger partial charge in [0.15, 0.2) is 5.13 Å². The van der Waals surface area contributed by atoms with Crippen LogP contribution < -0.4 is 5.32 Å². The van der Waals surface area contributed by atoms with Crippen molar-refractivity contribution in [3.05, 3.63) is 66.4 Å². The molecule has 10 heteroatoms. The van der Waals surface area contributed by atoms with Crippen molar-refractivity contribution >= 4 is 44.7 Å². The van der Waals surface area contributed by atoms with Gasteiger partial charge in [-0.1, -0.05) is 20.8 Å². The van der Waals surface area contributed by atoms with E-state index in [0.717, 1.165) is 60.5 Å². The Morgan fingerprint density at radius 3 is 2.59 bits per heavy atom. The first-order valence-electron chi connectivity index (χ1n) is 11.6. The summed E-state index contributed by atoms with van der Waals surface area (Å²) >= 11 is 1.09. The number of H-pyrrole nitrogens is 2. The molecule has 3 N–H and O–H groups in total. The SMILES string of the molecule is CC(C)(C)C(=O)Nc1cncc(-c2cc3c(-c4cc5c(-c6ccc(F)s6)cncc5[nH]4)n[nH]c3cn2)c1. The van der Waals surface area contributed by atoms with Crippen molar-refractivity contribution < 1.29 is 9.18 Å². The quantitative estimate of drug-likeness (QED) is 0.253. The number of nitrogens with one attached hydrogen (secondary N) is 3. The minimum absolute atomic E-state index is 0.0926. The van der Waals surface area contributed by atoms with E-state index in [0.29, 0.717) is 11.4 Å². The number of thiophene rings is 1. The third-order valence-corrected chi connectivity index (χ3v) is 6.97. The lowest BCUT2D eigenvalue weighted by molar-refractivity contribution is -0.123. The van der Waals surface area contributed by atoms with Gasteiger partial charge in [-0.3, -0.25) is 24.8 Å². The third-order valence-electron chi connectivity index (χ3n) is 6.06. The first-order valence-corrected chi connectivity index (χ1v) is 12.4. The predicted molar refractivity (Wildman–Crippen MR) is 144 cm³/mol. The molecule has 184 valence electrons. The lowest BCUT2D eigenvalue weighted by Crippen LogP contribution is -2.27. The molecule has 0 saturated heterocycles. The van der Waals surface area contributed by atoms with Crippen molar-refractivity contribution in [1.29, 1.82) is 0 Å². The van der Waals surface area contributed by atoms with Gasteiger partial charge in [0.1, 0.15) is 5.69 Å². The van der Waals surface area contributed by atoms with Crippen LogP contribution in [0.5, 0.6) is 0 Å². The number of hydrogen-bond acceptors (Lipinski definition) is 6. The lowest BCUT2D eigenvalue weighted by atomic mass is 9.95. The van der Waals surface area contributed by atoms with Gasteiger partial charge in [-0.05, 0) is 30.3 Å². The average molecular weight is 512 g/mol. The van der Waals surface area contributed by atoms with Crippen LogP contribution in [0, 0.1) is 10.5 Å². The van der Waals surface area contributed by atoms with Gasteiger partial charge in [-0.2, -0.15) is 9.49 Å². The van der Waals surface area contributed by atoms with Gasteiger partial charge in [0.05, 0.1) is 46.7 Å². The van der Waals surface area contributed by atoms with Crippen molar-refractivity contribution in [2.45, 2.75) is 20.8 Å². The molecule has 6 heterocycles. The number of anilines is 1. The monoisotopic (exact) mass is 511 g/mol. The van der Waals surface area contributed by atoms with Crippen molar-refractivity contribution in [1.82, 2.24) is 30.1 Å². The number of carbonyl (C=O) groups excluding carboxylic acids is 1. The second kappa shape index (κ2) is 8.59. The number of carbonyl (C=O) groups is 1. The highest BCUT2D eigenvalue weighted by Gasteiger charge is 2.21. The molecule has 6 aromatic heterocycles. The minimum Gasteiger partial charge on any atom is -0.352 e. The molecule has 0 aromatic carbocycles. The Morgan fingerprint density at radius 2 is 1.81 bits per heavy atom. The molecule has 37 heavy (non-hydrogen) atoms. The van der Waals surface area contributed by atoms with Crippen LogP contribution in [0.15, 0.2) is 61.3 Å². The van der Waals surface area contributed by atoms with Crippen LogP contribution in [-0.2, 0) is 4.79 Å². The zero-order chi connectivity index (χ0) is 25.7. The standard InChI is InChI=1S/C27H22FN7OS/c1-27(2,3)26(36)32-15-6-14(9-29-10-15)19-8-17-22(13-31-19)34-35-25(17)20-7-16-18(11-30-12-21(16)33-20)23-4-5-24(28)37-23/h4-13,33H,1-3H3,(H,32,36)(H,34,35). The second-order valence-electron chi connectivity index (χ2n) is 9.79. The van der Waals surface area contributed by atoms with Crippen molar-refractivity contribution in [2.75, 3.05) is 5.32 Å². The Bertz CT molecular complexity index is 1790. The minimum atomic E-state index is -0.522. The summed E-state index contributed by atoms with van der Waals surface area (Å²) in [4.78, 5) is 29.8. The molecule has 0 bridgehead atoms. The summed E-state index contributed by atoms with van der Waals surface area (Å²) in [5.41, 5.74) is 5.54. The number of amides is 1. The summed E-state index contributed by atoms with van der Waals surface area (Å²) in [6, 6.07) is 9.02. The molecule has 0 unspecified atom stereocenters. The van der Waals surface area contributed by atoms with Crippen LogP contribution >= 0.6 is 11.3 Å². The lowest BCUT2D eigenvalue weighted by Gasteiger charge is -2.17. The van der Waals surface area contributed by atoms with Crippen molar-refractivity contribution in [3.8, 4) is 33.1 Å². The van der Waals surface area contributed by atoms with E-state index in [9.17, 15) is 9.18 Å². The van der Waals surface area contributed by atoms with Gasteiger partial charge in [-0.15, -0.1) is 11.3 Å². The number of nitrogens with zero attached hydrogens (tertiary/aromatic N) is 4. The number of halogens is 1. The molecular formula is C27H22FN7OS. The first-order chi connectivity index (χ1) is 17.8. The fourth-order valence-electron chi connectivity index (χ4n) is 4.08.